The zero-order valence-corrected chi connectivity index (χ0v) is 11.7. The fraction of sp³-hybridized carbons (Fsp3) is 0.733. The molecule has 1 rings (SSSR count). The van der Waals surface area contributed by atoms with E-state index in [2.05, 4.69) is 54.2 Å². The van der Waals surface area contributed by atoms with Crippen molar-refractivity contribution in [3.05, 3.63) is 24.0 Å². The van der Waals surface area contributed by atoms with Crippen molar-refractivity contribution in [2.45, 2.75) is 60.5 Å². The Bertz CT molecular complexity index is 302. The van der Waals surface area contributed by atoms with E-state index in [9.17, 15) is 0 Å². The first kappa shape index (κ1) is 13.3. The molecule has 0 radical (unpaired) electrons. The Hall–Kier alpha value is -0.720. The summed E-state index contributed by atoms with van der Waals surface area (Å²) >= 11 is 0. The SMILES string of the molecule is C=C(OC1C=C(C)CC(C)(C)C1)C(C)(C)C. The molecule has 0 fully saturated rings. The molecule has 92 valence electrons. The van der Waals surface area contributed by atoms with Crippen molar-refractivity contribution in [3.8, 4) is 0 Å². The molecule has 16 heavy (non-hydrogen) atoms. The molecule has 0 spiro atoms. The molecule has 1 atom stereocenters. The molecule has 0 aromatic carbocycles. The fourth-order valence-corrected chi connectivity index (χ4v) is 2.24. The van der Waals surface area contributed by atoms with Gasteiger partial charge in [0.25, 0.3) is 0 Å². The molecule has 0 saturated carbocycles. The highest BCUT2D eigenvalue weighted by Gasteiger charge is 2.29. The fourth-order valence-electron chi connectivity index (χ4n) is 2.24. The average molecular weight is 222 g/mol. The van der Waals surface area contributed by atoms with Gasteiger partial charge in [-0.05, 0) is 31.3 Å². The average Bonchev–Trinajstić information content (AvgIpc) is 1.97. The molecule has 1 aliphatic rings. The lowest BCUT2D eigenvalue weighted by molar-refractivity contribution is 0.0667. The van der Waals surface area contributed by atoms with Crippen LogP contribution in [0.15, 0.2) is 24.0 Å². The van der Waals surface area contributed by atoms with Gasteiger partial charge in [0.05, 0.1) is 5.76 Å². The molecule has 1 aliphatic carbocycles. The molecule has 0 aromatic heterocycles. The summed E-state index contributed by atoms with van der Waals surface area (Å²) in [5.41, 5.74) is 1.81. The van der Waals surface area contributed by atoms with Gasteiger partial charge in [0.2, 0.25) is 0 Å². The Balaban J connectivity index is 2.69. The second kappa shape index (κ2) is 4.27. The van der Waals surface area contributed by atoms with Gasteiger partial charge in [-0.15, -0.1) is 0 Å². The zero-order valence-electron chi connectivity index (χ0n) is 11.7. The van der Waals surface area contributed by atoms with E-state index in [1.54, 1.807) is 0 Å². The monoisotopic (exact) mass is 222 g/mol. The molecule has 0 aromatic rings. The third-order valence-electron chi connectivity index (χ3n) is 3.11. The van der Waals surface area contributed by atoms with Crippen LogP contribution < -0.4 is 0 Å². The van der Waals surface area contributed by atoms with Crippen molar-refractivity contribution >= 4 is 0 Å². The third-order valence-corrected chi connectivity index (χ3v) is 3.11. The van der Waals surface area contributed by atoms with Gasteiger partial charge in [-0.3, -0.25) is 0 Å². The van der Waals surface area contributed by atoms with Crippen LogP contribution in [0.5, 0.6) is 0 Å². The second-order valence-corrected chi connectivity index (χ2v) is 6.89. The van der Waals surface area contributed by atoms with Gasteiger partial charge in [0, 0.05) is 5.41 Å². The Morgan fingerprint density at radius 2 is 2.00 bits per heavy atom. The Kier molecular flexibility index (Phi) is 3.56. The van der Waals surface area contributed by atoms with Crippen LogP contribution in [0, 0.1) is 10.8 Å². The summed E-state index contributed by atoms with van der Waals surface area (Å²) < 4.78 is 5.99. The number of hydrogen-bond donors (Lipinski definition) is 0. The highest BCUT2D eigenvalue weighted by atomic mass is 16.5. The largest absolute Gasteiger partial charge is 0.491 e. The molecule has 0 heterocycles. The van der Waals surface area contributed by atoms with Crippen molar-refractivity contribution in [2.75, 3.05) is 0 Å². The van der Waals surface area contributed by atoms with Crippen LogP contribution in [0.1, 0.15) is 54.4 Å². The molecule has 0 amide bonds. The summed E-state index contributed by atoms with van der Waals surface area (Å²) in [6.45, 7) is 17.3. The Morgan fingerprint density at radius 3 is 2.44 bits per heavy atom. The smallest absolute Gasteiger partial charge is 0.117 e. The van der Waals surface area contributed by atoms with Gasteiger partial charge < -0.3 is 4.74 Å². The van der Waals surface area contributed by atoms with Crippen LogP contribution in [-0.4, -0.2) is 6.10 Å². The van der Waals surface area contributed by atoms with E-state index in [1.165, 1.54) is 12.0 Å². The van der Waals surface area contributed by atoms with Gasteiger partial charge in [0.1, 0.15) is 6.10 Å². The maximum Gasteiger partial charge on any atom is 0.117 e. The second-order valence-electron chi connectivity index (χ2n) is 6.89. The lowest BCUT2D eigenvalue weighted by Crippen LogP contribution is -2.28. The summed E-state index contributed by atoms with van der Waals surface area (Å²) in [6, 6.07) is 0. The number of allylic oxidation sites excluding steroid dienone is 2. The van der Waals surface area contributed by atoms with Crippen LogP contribution in [0.25, 0.3) is 0 Å². The minimum atomic E-state index is 0.0311. The Morgan fingerprint density at radius 1 is 1.44 bits per heavy atom. The van der Waals surface area contributed by atoms with Crippen molar-refractivity contribution in [3.63, 3.8) is 0 Å². The van der Waals surface area contributed by atoms with Crippen LogP contribution in [0.4, 0.5) is 0 Å². The van der Waals surface area contributed by atoms with E-state index < -0.39 is 0 Å². The standard InChI is InChI=1S/C15H26O/c1-11-8-13(10-15(6,7)9-11)16-12(2)14(3,4)5/h8,13H,2,9-10H2,1,3-7H3. The lowest BCUT2D eigenvalue weighted by atomic mass is 9.76. The lowest BCUT2D eigenvalue weighted by Gasteiger charge is -2.36. The highest BCUT2D eigenvalue weighted by molar-refractivity contribution is 5.12. The maximum absolute atomic E-state index is 5.99. The van der Waals surface area contributed by atoms with Crippen LogP contribution in [0.3, 0.4) is 0 Å². The molecule has 0 bridgehead atoms. The van der Waals surface area contributed by atoms with E-state index in [0.29, 0.717) is 5.41 Å². The third kappa shape index (κ3) is 3.70. The van der Waals surface area contributed by atoms with Gasteiger partial charge in [-0.25, -0.2) is 0 Å². The first-order chi connectivity index (χ1) is 7.10. The molecule has 0 N–H and O–H groups in total. The van der Waals surface area contributed by atoms with Gasteiger partial charge >= 0.3 is 0 Å². The maximum atomic E-state index is 5.99. The van der Waals surface area contributed by atoms with Gasteiger partial charge in [0.15, 0.2) is 0 Å². The molecular weight excluding hydrogens is 196 g/mol. The number of ether oxygens (including phenoxy) is 1. The van der Waals surface area contributed by atoms with Crippen LogP contribution in [0.2, 0.25) is 0 Å². The molecule has 1 unspecified atom stereocenters. The Labute approximate surface area is 101 Å². The van der Waals surface area contributed by atoms with Crippen molar-refractivity contribution in [2.24, 2.45) is 10.8 Å². The van der Waals surface area contributed by atoms with Crippen molar-refractivity contribution < 1.29 is 4.74 Å². The summed E-state index contributed by atoms with van der Waals surface area (Å²) in [5, 5.41) is 0. The van der Waals surface area contributed by atoms with E-state index in [1.807, 2.05) is 0 Å². The first-order valence-corrected chi connectivity index (χ1v) is 6.13. The normalized spacial score (nSPS) is 24.9. The van der Waals surface area contributed by atoms with Crippen LogP contribution in [-0.2, 0) is 4.74 Å². The van der Waals surface area contributed by atoms with Crippen molar-refractivity contribution in [1.82, 2.24) is 0 Å². The van der Waals surface area contributed by atoms with E-state index in [0.717, 1.165) is 12.2 Å². The molecular formula is C15H26O. The summed E-state index contributed by atoms with van der Waals surface area (Å²) in [6.07, 6.45) is 4.71. The number of hydrogen-bond acceptors (Lipinski definition) is 1. The molecule has 0 aliphatic heterocycles. The zero-order chi connectivity index (χ0) is 12.6. The van der Waals surface area contributed by atoms with E-state index in [-0.39, 0.29) is 11.5 Å². The minimum absolute atomic E-state index is 0.0311. The minimum Gasteiger partial charge on any atom is -0.491 e. The molecule has 1 heteroatoms. The molecule has 1 nitrogen and oxygen atoms in total. The van der Waals surface area contributed by atoms with E-state index in [4.69, 9.17) is 4.74 Å². The topological polar surface area (TPSA) is 9.23 Å². The summed E-state index contributed by atoms with van der Waals surface area (Å²) in [5.74, 6) is 0.888. The highest BCUT2D eigenvalue weighted by Crippen LogP contribution is 2.38. The summed E-state index contributed by atoms with van der Waals surface area (Å²) in [4.78, 5) is 0. The first-order valence-electron chi connectivity index (χ1n) is 6.13. The van der Waals surface area contributed by atoms with E-state index >= 15 is 0 Å². The molecule has 0 saturated heterocycles. The van der Waals surface area contributed by atoms with Gasteiger partial charge in [-0.2, -0.15) is 0 Å². The predicted octanol–water partition coefficient (Wildman–Crippen LogP) is 4.70. The van der Waals surface area contributed by atoms with Crippen LogP contribution >= 0.6 is 0 Å². The predicted molar refractivity (Wildman–Crippen MR) is 70.2 cm³/mol. The van der Waals surface area contributed by atoms with Gasteiger partial charge in [-0.1, -0.05) is 46.8 Å². The number of rotatable bonds is 2. The quantitative estimate of drug-likeness (QED) is 0.486. The summed E-state index contributed by atoms with van der Waals surface area (Å²) in [7, 11) is 0. The van der Waals surface area contributed by atoms with Crippen molar-refractivity contribution in [1.29, 1.82) is 0 Å².